The Morgan fingerprint density at radius 1 is 0.843 bits per heavy atom. The third kappa shape index (κ3) is 14.0. The van der Waals surface area contributed by atoms with Crippen molar-refractivity contribution in [3.05, 3.63) is 65.7 Å². The van der Waals surface area contributed by atoms with Crippen molar-refractivity contribution in [3.63, 3.8) is 0 Å². The number of aliphatic carboxylic acids is 1. The minimum atomic E-state index is -1.35. The molecular formula is C34H47N9O8. The number of phenols is 1. The molecule has 0 bridgehead atoms. The number of guanidine groups is 1. The van der Waals surface area contributed by atoms with Crippen LogP contribution in [0.2, 0.25) is 0 Å². The molecule has 1 fully saturated rings. The molecule has 1 saturated heterocycles. The zero-order valence-electron chi connectivity index (χ0n) is 28.4. The second-order valence-electron chi connectivity index (χ2n) is 12.2. The van der Waals surface area contributed by atoms with Crippen molar-refractivity contribution in [1.29, 1.82) is 0 Å². The molecule has 3 rings (SSSR count). The Labute approximate surface area is 295 Å². The first-order valence-electron chi connectivity index (χ1n) is 16.6. The fourth-order valence-corrected chi connectivity index (χ4v) is 5.29. The molecule has 0 aliphatic carbocycles. The molecule has 5 amide bonds. The molecule has 0 aromatic heterocycles. The molecule has 51 heavy (non-hydrogen) atoms. The number of aromatic hydroxyl groups is 1. The highest BCUT2D eigenvalue weighted by molar-refractivity contribution is 5.95. The van der Waals surface area contributed by atoms with Gasteiger partial charge in [0.25, 0.3) is 0 Å². The fraction of sp³-hybridized carbons (Fsp3) is 0.441. The van der Waals surface area contributed by atoms with E-state index in [-0.39, 0.29) is 50.0 Å². The number of nitrogens with zero attached hydrogens (tertiary/aromatic N) is 1. The Bertz CT molecular complexity index is 1530. The van der Waals surface area contributed by atoms with Crippen LogP contribution in [0.15, 0.2) is 59.6 Å². The Hall–Kier alpha value is -5.71. The van der Waals surface area contributed by atoms with Crippen LogP contribution in [0.25, 0.3) is 0 Å². The molecule has 5 atom stereocenters. The van der Waals surface area contributed by atoms with E-state index < -0.39 is 59.8 Å². The summed E-state index contributed by atoms with van der Waals surface area (Å²) in [7, 11) is 0. The summed E-state index contributed by atoms with van der Waals surface area (Å²) in [6.45, 7) is 1.89. The number of hydrogen-bond acceptors (Lipinski definition) is 9. The highest BCUT2D eigenvalue weighted by atomic mass is 16.4. The van der Waals surface area contributed by atoms with Gasteiger partial charge < -0.3 is 53.6 Å². The van der Waals surface area contributed by atoms with Crippen LogP contribution in [-0.4, -0.2) is 102 Å². The minimum absolute atomic E-state index is 0.00182. The molecule has 276 valence electrons. The number of hydrogen-bond donors (Lipinski definition) is 10. The van der Waals surface area contributed by atoms with Crippen LogP contribution < -0.4 is 43.4 Å². The third-order valence-electron chi connectivity index (χ3n) is 8.06. The lowest BCUT2D eigenvalue weighted by Crippen LogP contribution is -2.58. The van der Waals surface area contributed by atoms with Crippen LogP contribution in [0, 0.1) is 0 Å². The van der Waals surface area contributed by atoms with E-state index in [1.807, 2.05) is 0 Å². The quantitative estimate of drug-likeness (QED) is 0.0439. The maximum Gasteiger partial charge on any atom is 0.326 e. The van der Waals surface area contributed by atoms with Crippen LogP contribution >= 0.6 is 0 Å². The minimum Gasteiger partial charge on any atom is -0.508 e. The fourth-order valence-electron chi connectivity index (χ4n) is 5.29. The number of carboxylic acids is 1. The van der Waals surface area contributed by atoms with Gasteiger partial charge in [0, 0.05) is 19.4 Å². The molecule has 0 radical (unpaired) electrons. The number of benzene rings is 2. The summed E-state index contributed by atoms with van der Waals surface area (Å²) < 4.78 is 0. The summed E-state index contributed by atoms with van der Waals surface area (Å²) in [5.74, 6) is -4.61. The lowest BCUT2D eigenvalue weighted by Gasteiger charge is -2.25. The Morgan fingerprint density at radius 3 is 2.10 bits per heavy atom. The Balaban J connectivity index is 1.67. The molecule has 1 heterocycles. The van der Waals surface area contributed by atoms with Crippen molar-refractivity contribution in [1.82, 2.24) is 31.9 Å². The number of nitrogens with one attached hydrogen (secondary N) is 6. The highest BCUT2D eigenvalue weighted by Gasteiger charge is 2.30. The normalized spacial score (nSPS) is 16.0. The molecule has 1 aliphatic heterocycles. The van der Waals surface area contributed by atoms with Crippen molar-refractivity contribution in [2.24, 2.45) is 16.5 Å². The van der Waals surface area contributed by atoms with E-state index in [4.69, 9.17) is 11.5 Å². The van der Waals surface area contributed by atoms with E-state index >= 15 is 0 Å². The molecule has 0 saturated carbocycles. The molecule has 2 aromatic rings. The number of amides is 5. The van der Waals surface area contributed by atoms with Crippen molar-refractivity contribution in [2.75, 3.05) is 19.6 Å². The van der Waals surface area contributed by atoms with Crippen molar-refractivity contribution in [2.45, 2.75) is 75.7 Å². The van der Waals surface area contributed by atoms with Crippen molar-refractivity contribution < 1.29 is 39.0 Å². The van der Waals surface area contributed by atoms with E-state index in [2.05, 4.69) is 36.9 Å². The molecule has 5 unspecified atom stereocenters. The first-order valence-corrected chi connectivity index (χ1v) is 16.6. The maximum atomic E-state index is 13.5. The molecule has 1 aliphatic rings. The van der Waals surface area contributed by atoms with Crippen LogP contribution in [0.3, 0.4) is 0 Å². The monoisotopic (exact) mass is 709 g/mol. The summed E-state index contributed by atoms with van der Waals surface area (Å²) in [6, 6.07) is 9.34. The van der Waals surface area contributed by atoms with E-state index in [1.54, 1.807) is 30.3 Å². The largest absolute Gasteiger partial charge is 0.508 e. The molecule has 17 heteroatoms. The molecule has 12 N–H and O–H groups in total. The van der Waals surface area contributed by atoms with Crippen LogP contribution in [-0.2, 0) is 41.6 Å². The summed E-state index contributed by atoms with van der Waals surface area (Å²) in [6.07, 6.45) is 1.81. The average Bonchev–Trinajstić information content (AvgIpc) is 3.64. The summed E-state index contributed by atoms with van der Waals surface area (Å²) >= 11 is 0. The first-order chi connectivity index (χ1) is 24.3. The van der Waals surface area contributed by atoms with E-state index in [1.165, 1.54) is 31.2 Å². The lowest BCUT2D eigenvalue weighted by molar-refractivity contribution is -0.142. The number of carbonyl (C=O) groups excluding carboxylic acids is 5. The first kappa shape index (κ1) is 39.7. The van der Waals surface area contributed by atoms with Crippen LogP contribution in [0.1, 0.15) is 43.7 Å². The molecular weight excluding hydrogens is 662 g/mol. The zero-order chi connectivity index (χ0) is 37.3. The lowest BCUT2D eigenvalue weighted by atomic mass is 10.0. The van der Waals surface area contributed by atoms with Gasteiger partial charge in [-0.25, -0.2) is 4.79 Å². The summed E-state index contributed by atoms with van der Waals surface area (Å²) in [5.41, 5.74) is 12.0. The summed E-state index contributed by atoms with van der Waals surface area (Å²) in [4.78, 5) is 81.2. The number of rotatable bonds is 19. The highest BCUT2D eigenvalue weighted by Crippen LogP contribution is 2.12. The number of phenolic OH excluding ortho intramolecular Hbond substituents is 1. The van der Waals surface area contributed by atoms with Gasteiger partial charge in [-0.3, -0.25) is 29.0 Å². The Morgan fingerprint density at radius 2 is 1.47 bits per heavy atom. The van der Waals surface area contributed by atoms with Gasteiger partial charge in [-0.2, -0.15) is 0 Å². The van der Waals surface area contributed by atoms with Gasteiger partial charge in [-0.05, 0) is 62.4 Å². The summed E-state index contributed by atoms with van der Waals surface area (Å²) in [5, 5.41) is 35.2. The van der Waals surface area contributed by atoms with Gasteiger partial charge >= 0.3 is 5.97 Å². The van der Waals surface area contributed by atoms with Gasteiger partial charge in [-0.1, -0.05) is 42.5 Å². The van der Waals surface area contributed by atoms with Gasteiger partial charge in [-0.15, -0.1) is 0 Å². The van der Waals surface area contributed by atoms with Crippen molar-refractivity contribution in [3.8, 4) is 5.75 Å². The smallest absolute Gasteiger partial charge is 0.326 e. The van der Waals surface area contributed by atoms with Crippen molar-refractivity contribution >= 4 is 41.5 Å². The second kappa shape index (κ2) is 20.1. The van der Waals surface area contributed by atoms with Gasteiger partial charge in [0.1, 0.15) is 29.9 Å². The third-order valence-corrected chi connectivity index (χ3v) is 8.06. The zero-order valence-corrected chi connectivity index (χ0v) is 28.4. The number of nitrogens with two attached hydrogens (primary N) is 2. The van der Waals surface area contributed by atoms with E-state index in [9.17, 15) is 39.0 Å². The average molecular weight is 710 g/mol. The van der Waals surface area contributed by atoms with E-state index in [0.29, 0.717) is 30.5 Å². The Kier molecular flexibility index (Phi) is 15.6. The molecule has 17 nitrogen and oxygen atoms in total. The number of carbonyl (C=O) groups is 6. The molecule has 0 spiro atoms. The topological polar surface area (TPSA) is 279 Å². The van der Waals surface area contributed by atoms with Gasteiger partial charge in [0.2, 0.25) is 29.5 Å². The van der Waals surface area contributed by atoms with E-state index in [0.717, 1.165) is 6.42 Å². The SMILES string of the molecule is CC(NC(=O)C(CCCN=C(N)N)NC(=O)CNC(=O)C1CCCN1)C(=O)NC(Cc1ccccc1)C(=O)NC(Cc1ccc(O)cc1)C(=O)O. The number of carboxylic acid groups (broad SMARTS) is 1. The molecule has 2 aromatic carbocycles. The predicted octanol–water partition coefficient (Wildman–Crippen LogP) is -1.86. The van der Waals surface area contributed by atoms with Crippen LogP contribution in [0.4, 0.5) is 0 Å². The van der Waals surface area contributed by atoms with Gasteiger partial charge in [0.15, 0.2) is 5.96 Å². The van der Waals surface area contributed by atoms with Crippen LogP contribution in [0.5, 0.6) is 5.75 Å². The number of aliphatic imine (C=N–C) groups is 1. The second-order valence-corrected chi connectivity index (χ2v) is 12.2. The maximum absolute atomic E-state index is 13.5. The predicted molar refractivity (Wildman–Crippen MR) is 187 cm³/mol. The standard InChI is InChI=1S/C34H47N9O8/c1-20(40-31(48)25(10-6-16-38-34(35)36)41-28(45)19-39-30(47)24-9-5-15-37-24)29(46)42-26(17-21-7-3-2-4-8-21)32(49)43-27(33(50)51)18-22-11-13-23(44)14-12-22/h2-4,7-8,11-14,20,24-27,37,44H,5-6,9-10,15-19H2,1H3,(H,39,47)(H,40,48)(H,41,45)(H,42,46)(H,43,49)(H,50,51)(H4,35,36,38). The van der Waals surface area contributed by atoms with Gasteiger partial charge in [0.05, 0.1) is 12.6 Å².